The van der Waals surface area contributed by atoms with Crippen LogP contribution in [0.15, 0.2) is 40.9 Å². The number of ether oxygens (including phenoxy) is 1. The third-order valence-electron chi connectivity index (χ3n) is 5.26. The molecule has 6 heteroatoms. The van der Waals surface area contributed by atoms with E-state index in [0.717, 1.165) is 40.0 Å². The number of nitriles is 1. The van der Waals surface area contributed by atoms with Crippen LogP contribution in [0.4, 0.5) is 0 Å². The number of aromatic nitrogens is 2. The number of nitrogens with zero attached hydrogens (tertiary/aromatic N) is 4. The van der Waals surface area contributed by atoms with E-state index in [4.69, 9.17) is 11.3 Å². The van der Waals surface area contributed by atoms with Crippen LogP contribution in [0.2, 0.25) is 0 Å². The summed E-state index contributed by atoms with van der Waals surface area (Å²) in [6, 6.07) is 8.37. The lowest BCUT2D eigenvalue weighted by atomic mass is 9.83. The molecule has 0 bridgehead atoms. The van der Waals surface area contributed by atoms with Crippen LogP contribution in [0.5, 0.6) is 0 Å². The number of nitrogens with one attached hydrogen (secondary N) is 1. The minimum Gasteiger partial charge on any atom is -0.373 e. The summed E-state index contributed by atoms with van der Waals surface area (Å²) in [6.45, 7) is 13.5. The number of H-pyrrole nitrogens is 1. The number of morpholine rings is 1. The average Bonchev–Trinajstić information content (AvgIpc) is 3.10. The zero-order valence-corrected chi connectivity index (χ0v) is 14.8. The number of allylic oxidation sites excluding steroid dienone is 2. The maximum atomic E-state index is 9.90. The van der Waals surface area contributed by atoms with E-state index in [1.54, 1.807) is 0 Å². The van der Waals surface area contributed by atoms with Gasteiger partial charge < -0.3 is 9.64 Å². The highest BCUT2D eigenvalue weighted by molar-refractivity contribution is 5.82. The quantitative estimate of drug-likeness (QED) is 0.846. The lowest BCUT2D eigenvalue weighted by Crippen LogP contribution is -2.38. The van der Waals surface area contributed by atoms with Crippen LogP contribution in [-0.4, -0.2) is 34.9 Å². The van der Waals surface area contributed by atoms with Gasteiger partial charge in [-0.05, 0) is 31.0 Å². The fraction of sp³-hybridized carbons (Fsp3) is 0.350. The van der Waals surface area contributed by atoms with Crippen molar-refractivity contribution in [2.24, 2.45) is 0 Å². The molecule has 0 radical (unpaired) electrons. The van der Waals surface area contributed by atoms with Crippen molar-refractivity contribution < 1.29 is 4.74 Å². The summed E-state index contributed by atoms with van der Waals surface area (Å²) >= 11 is 0. The predicted molar refractivity (Wildman–Crippen MR) is 97.7 cm³/mol. The number of fused-ring (bicyclic) bond motifs is 2. The van der Waals surface area contributed by atoms with Gasteiger partial charge in [0.1, 0.15) is 0 Å². The Morgan fingerprint density at radius 1 is 1.50 bits per heavy atom. The Kier molecular flexibility index (Phi) is 3.99. The molecular formula is C20H19N5O. The molecule has 130 valence electrons. The van der Waals surface area contributed by atoms with Crippen molar-refractivity contribution in [1.29, 1.82) is 5.26 Å². The zero-order valence-electron chi connectivity index (χ0n) is 14.8. The van der Waals surface area contributed by atoms with Gasteiger partial charge in [0.15, 0.2) is 5.70 Å². The van der Waals surface area contributed by atoms with Crippen molar-refractivity contribution in [2.45, 2.75) is 26.2 Å². The lowest BCUT2D eigenvalue weighted by Gasteiger charge is -2.39. The van der Waals surface area contributed by atoms with Gasteiger partial charge in [-0.1, -0.05) is 13.0 Å². The fourth-order valence-electron chi connectivity index (χ4n) is 3.91. The third kappa shape index (κ3) is 2.31. The molecule has 1 N–H and O–H groups in total. The van der Waals surface area contributed by atoms with Gasteiger partial charge >= 0.3 is 0 Å². The van der Waals surface area contributed by atoms with Crippen molar-refractivity contribution in [3.8, 4) is 6.07 Å². The van der Waals surface area contributed by atoms with Crippen molar-refractivity contribution in [3.05, 3.63) is 63.5 Å². The number of aromatic amines is 1. The zero-order chi connectivity index (χ0) is 18.3. The number of rotatable bonds is 2. The topological polar surface area (TPSA) is 69.3 Å². The first-order chi connectivity index (χ1) is 12.7. The van der Waals surface area contributed by atoms with Crippen molar-refractivity contribution in [1.82, 2.24) is 15.1 Å². The van der Waals surface area contributed by atoms with Gasteiger partial charge in [-0.2, -0.15) is 10.4 Å². The van der Waals surface area contributed by atoms with Crippen LogP contribution in [0, 0.1) is 17.9 Å². The molecule has 26 heavy (non-hydrogen) atoms. The molecule has 1 fully saturated rings. The van der Waals surface area contributed by atoms with Gasteiger partial charge in [-0.25, -0.2) is 4.85 Å². The molecule has 3 heterocycles. The summed E-state index contributed by atoms with van der Waals surface area (Å²) in [5.41, 5.74) is 5.96. The average molecular weight is 345 g/mol. The second-order valence-corrected chi connectivity index (χ2v) is 6.52. The van der Waals surface area contributed by atoms with Crippen LogP contribution < -0.4 is 0 Å². The molecule has 0 amide bonds. The number of aryl methyl sites for hydroxylation is 1. The molecule has 1 aromatic heterocycles. The van der Waals surface area contributed by atoms with Gasteiger partial charge in [0.25, 0.3) is 0 Å². The summed E-state index contributed by atoms with van der Waals surface area (Å²) < 4.78 is 5.60. The Bertz CT molecular complexity index is 1030. The summed E-state index contributed by atoms with van der Waals surface area (Å²) in [7, 11) is 0. The van der Waals surface area contributed by atoms with E-state index >= 15 is 0 Å². The summed E-state index contributed by atoms with van der Waals surface area (Å²) in [5.74, 6) is -0.352. The highest BCUT2D eigenvalue weighted by atomic mass is 16.5. The molecule has 2 aromatic rings. The number of hydrogen-bond donors (Lipinski definition) is 1. The predicted octanol–water partition coefficient (Wildman–Crippen LogP) is 3.48. The first-order valence-electron chi connectivity index (χ1n) is 8.73. The van der Waals surface area contributed by atoms with Crippen molar-refractivity contribution in [3.63, 3.8) is 0 Å². The number of benzene rings is 1. The van der Waals surface area contributed by atoms with Gasteiger partial charge in [0, 0.05) is 23.3 Å². The van der Waals surface area contributed by atoms with Crippen LogP contribution >= 0.6 is 0 Å². The molecule has 0 saturated carbocycles. The summed E-state index contributed by atoms with van der Waals surface area (Å²) in [6.07, 6.45) is 0.850. The van der Waals surface area contributed by atoms with Crippen LogP contribution in [0.3, 0.4) is 0 Å². The first-order valence-corrected chi connectivity index (χ1v) is 8.73. The smallest absolute Gasteiger partial charge is 0.196 e. The van der Waals surface area contributed by atoms with Gasteiger partial charge in [0.05, 0.1) is 48.6 Å². The summed E-state index contributed by atoms with van der Waals surface area (Å²) in [5, 5.41) is 18.4. The largest absolute Gasteiger partial charge is 0.373 e. The van der Waals surface area contributed by atoms with E-state index in [2.05, 4.69) is 39.0 Å². The van der Waals surface area contributed by atoms with E-state index in [-0.39, 0.29) is 5.92 Å². The Hall–Kier alpha value is -3.09. The molecule has 2 aliphatic heterocycles. The second kappa shape index (κ2) is 6.33. The van der Waals surface area contributed by atoms with Crippen molar-refractivity contribution in [2.75, 3.05) is 19.8 Å². The number of hydrogen-bond acceptors (Lipinski definition) is 4. The Morgan fingerprint density at radius 3 is 3.08 bits per heavy atom. The first kappa shape index (κ1) is 16.4. The Morgan fingerprint density at radius 2 is 2.35 bits per heavy atom. The van der Waals surface area contributed by atoms with E-state index in [1.807, 2.05) is 19.1 Å². The molecule has 1 aromatic carbocycles. The molecule has 0 spiro atoms. The highest BCUT2D eigenvalue weighted by Crippen LogP contribution is 2.43. The highest BCUT2D eigenvalue weighted by Gasteiger charge is 2.36. The van der Waals surface area contributed by atoms with E-state index in [1.165, 1.54) is 0 Å². The fourth-order valence-corrected chi connectivity index (χ4v) is 3.91. The Labute approximate surface area is 152 Å². The van der Waals surface area contributed by atoms with E-state index in [0.29, 0.717) is 31.0 Å². The van der Waals surface area contributed by atoms with Gasteiger partial charge in [-0.3, -0.25) is 5.10 Å². The SMILES string of the molecule is [C-]#[N+]C1=C(C)N2CCOCC2=C(C#N)C1c1ccc2n[nH]c(CC)c2c1. The van der Waals surface area contributed by atoms with E-state index in [9.17, 15) is 5.26 Å². The molecule has 0 aliphatic carbocycles. The molecule has 1 unspecified atom stereocenters. The maximum Gasteiger partial charge on any atom is 0.196 e. The minimum absolute atomic E-state index is 0.352. The maximum absolute atomic E-state index is 9.90. The molecular weight excluding hydrogens is 326 g/mol. The van der Waals surface area contributed by atoms with E-state index < -0.39 is 0 Å². The van der Waals surface area contributed by atoms with Gasteiger partial charge in [0.2, 0.25) is 0 Å². The van der Waals surface area contributed by atoms with Crippen molar-refractivity contribution >= 4 is 10.9 Å². The van der Waals surface area contributed by atoms with Crippen LogP contribution in [0.25, 0.3) is 15.7 Å². The summed E-state index contributed by atoms with van der Waals surface area (Å²) in [4.78, 5) is 5.89. The molecule has 1 saturated heterocycles. The van der Waals surface area contributed by atoms with Gasteiger partial charge in [-0.15, -0.1) is 0 Å². The lowest BCUT2D eigenvalue weighted by molar-refractivity contribution is 0.0835. The standard InChI is InChI=1S/C20H19N5O/c1-4-16-14-9-13(5-6-17(14)24-23-16)19-15(10-21)18-11-26-8-7-25(18)12(2)20(19)22-3/h5-6,9,19H,4,7-8,11H2,1-2H3,(H,23,24). The minimum atomic E-state index is -0.352. The Balaban J connectivity index is 1.93. The molecule has 6 nitrogen and oxygen atoms in total. The second-order valence-electron chi connectivity index (χ2n) is 6.52. The molecule has 1 atom stereocenters. The van der Waals surface area contributed by atoms with Crippen LogP contribution in [0.1, 0.15) is 31.0 Å². The third-order valence-corrected chi connectivity index (χ3v) is 5.26. The molecule has 4 rings (SSSR count). The normalized spacial score (nSPS) is 20.2. The molecule has 2 aliphatic rings. The monoisotopic (exact) mass is 345 g/mol. The van der Waals surface area contributed by atoms with Crippen LogP contribution in [-0.2, 0) is 11.2 Å².